The molecule has 0 saturated carbocycles. The molecule has 188 valence electrons. The van der Waals surface area contributed by atoms with Crippen LogP contribution in [-0.2, 0) is 29.2 Å². The summed E-state index contributed by atoms with van der Waals surface area (Å²) in [7, 11) is 1.51. The number of H-pyrrole nitrogens is 1. The zero-order valence-electron chi connectivity index (χ0n) is 20.4. The van der Waals surface area contributed by atoms with Gasteiger partial charge in [-0.2, -0.15) is 0 Å². The van der Waals surface area contributed by atoms with E-state index in [0.717, 1.165) is 5.56 Å². The summed E-state index contributed by atoms with van der Waals surface area (Å²) in [5.41, 5.74) is 5.95. The number of hydrogen-bond donors (Lipinski definition) is 2. The highest BCUT2D eigenvalue weighted by atomic mass is 16.5. The quantitative estimate of drug-likeness (QED) is 0.404. The van der Waals surface area contributed by atoms with Gasteiger partial charge in [0, 0.05) is 26.7 Å². The van der Waals surface area contributed by atoms with Crippen molar-refractivity contribution in [2.45, 2.75) is 33.5 Å². The third-order valence-electron chi connectivity index (χ3n) is 5.42. The van der Waals surface area contributed by atoms with Crippen LogP contribution in [0.25, 0.3) is 0 Å². The number of carbonyl (C=O) groups excluding carboxylic acids is 1. The first kappa shape index (κ1) is 26.0. The largest absolute Gasteiger partial charge is 0.468 e. The van der Waals surface area contributed by atoms with E-state index in [9.17, 15) is 14.4 Å². The van der Waals surface area contributed by atoms with Crippen molar-refractivity contribution in [3.8, 4) is 0 Å². The van der Waals surface area contributed by atoms with Crippen molar-refractivity contribution in [3.05, 3.63) is 80.9 Å². The third kappa shape index (κ3) is 6.93. The number of nitrogen functional groups attached to an aromatic ring is 1. The van der Waals surface area contributed by atoms with E-state index in [1.165, 1.54) is 16.6 Å². The summed E-state index contributed by atoms with van der Waals surface area (Å²) in [6, 6.07) is 13.4. The molecule has 10 nitrogen and oxygen atoms in total. The van der Waals surface area contributed by atoms with E-state index >= 15 is 0 Å². The lowest BCUT2D eigenvalue weighted by atomic mass is 10.2. The molecule has 0 atom stereocenters. The second kappa shape index (κ2) is 12.2. The Balaban J connectivity index is 1.94. The van der Waals surface area contributed by atoms with Crippen molar-refractivity contribution < 1.29 is 13.9 Å². The first-order valence-electron chi connectivity index (χ1n) is 11.5. The van der Waals surface area contributed by atoms with Gasteiger partial charge in [0.05, 0.1) is 26.0 Å². The molecule has 0 unspecified atom stereocenters. The lowest BCUT2D eigenvalue weighted by Gasteiger charge is -2.28. The molecule has 3 rings (SSSR count). The molecular formula is C25H33N5O5. The molecule has 1 amide bonds. The normalized spacial score (nSPS) is 11.3. The summed E-state index contributed by atoms with van der Waals surface area (Å²) >= 11 is 0. The van der Waals surface area contributed by atoms with Gasteiger partial charge in [0.1, 0.15) is 11.6 Å². The van der Waals surface area contributed by atoms with E-state index in [4.69, 9.17) is 14.9 Å². The van der Waals surface area contributed by atoms with Crippen molar-refractivity contribution in [1.29, 1.82) is 0 Å². The molecule has 0 saturated heterocycles. The number of nitrogens with zero attached hydrogens (tertiary/aromatic N) is 3. The first-order chi connectivity index (χ1) is 16.8. The Kier molecular flexibility index (Phi) is 9.04. The van der Waals surface area contributed by atoms with Gasteiger partial charge >= 0.3 is 5.69 Å². The smallest absolute Gasteiger partial charge is 0.330 e. The molecule has 1 aromatic carbocycles. The number of aromatic nitrogens is 2. The van der Waals surface area contributed by atoms with E-state index in [0.29, 0.717) is 25.4 Å². The Bertz CT molecular complexity index is 1200. The van der Waals surface area contributed by atoms with Gasteiger partial charge in [0.15, 0.2) is 5.69 Å². The number of methoxy groups -OCH3 is 1. The number of amides is 1. The van der Waals surface area contributed by atoms with Gasteiger partial charge in [0.2, 0.25) is 5.91 Å². The van der Waals surface area contributed by atoms with Crippen molar-refractivity contribution in [1.82, 2.24) is 14.5 Å². The zero-order valence-corrected chi connectivity index (χ0v) is 20.4. The highest BCUT2D eigenvalue weighted by Crippen LogP contribution is 2.19. The molecule has 35 heavy (non-hydrogen) atoms. The molecule has 0 radical (unpaired) electrons. The van der Waals surface area contributed by atoms with Gasteiger partial charge in [-0.15, -0.1) is 0 Å². The number of benzene rings is 1. The maximum absolute atomic E-state index is 13.6. The van der Waals surface area contributed by atoms with Crippen molar-refractivity contribution in [2.24, 2.45) is 5.92 Å². The maximum atomic E-state index is 13.6. The highest BCUT2D eigenvalue weighted by Gasteiger charge is 2.26. The second-order valence-electron chi connectivity index (χ2n) is 8.75. The summed E-state index contributed by atoms with van der Waals surface area (Å²) in [6.45, 7) is 5.32. The van der Waals surface area contributed by atoms with Crippen LogP contribution in [0.1, 0.15) is 25.2 Å². The van der Waals surface area contributed by atoms with Crippen LogP contribution >= 0.6 is 0 Å². The van der Waals surface area contributed by atoms with Gasteiger partial charge in [-0.25, -0.2) is 4.79 Å². The van der Waals surface area contributed by atoms with Crippen LogP contribution in [-0.4, -0.2) is 47.2 Å². The average molecular weight is 484 g/mol. The molecule has 2 aromatic heterocycles. The molecule has 0 bridgehead atoms. The van der Waals surface area contributed by atoms with Crippen molar-refractivity contribution in [2.75, 3.05) is 37.4 Å². The number of nitrogens with two attached hydrogens (primary N) is 1. The van der Waals surface area contributed by atoms with Crippen molar-refractivity contribution in [3.63, 3.8) is 0 Å². The van der Waals surface area contributed by atoms with Crippen LogP contribution in [0.3, 0.4) is 0 Å². The summed E-state index contributed by atoms with van der Waals surface area (Å²) in [4.78, 5) is 44.4. The minimum absolute atomic E-state index is 0.0124. The van der Waals surface area contributed by atoms with Gasteiger partial charge in [0.25, 0.3) is 5.56 Å². The number of nitrogens with one attached hydrogen (secondary N) is 1. The monoisotopic (exact) mass is 483 g/mol. The number of furan rings is 1. The number of hydrogen-bond acceptors (Lipinski definition) is 7. The second-order valence-corrected chi connectivity index (χ2v) is 8.75. The standard InChI is InChI=1S/C25H33N5O5/c1-18(2)14-30-23(26)22(24(32)27-25(30)33)29(11-13-34-3)21(31)17-28(16-20-10-7-12-35-20)15-19-8-5-4-6-9-19/h4-10,12,18H,11,13-17,26H2,1-3H3,(H,27,32,33). The maximum Gasteiger partial charge on any atom is 0.330 e. The van der Waals surface area contributed by atoms with E-state index < -0.39 is 11.2 Å². The Morgan fingerprint density at radius 1 is 1.14 bits per heavy atom. The molecular weight excluding hydrogens is 450 g/mol. The predicted molar refractivity (Wildman–Crippen MR) is 134 cm³/mol. The molecule has 2 heterocycles. The predicted octanol–water partition coefficient (Wildman–Crippen LogP) is 2.05. The summed E-state index contributed by atoms with van der Waals surface area (Å²) in [6.07, 6.45) is 1.58. The molecule has 0 aliphatic heterocycles. The summed E-state index contributed by atoms with van der Waals surface area (Å²) in [5, 5.41) is 0. The lowest BCUT2D eigenvalue weighted by Crippen LogP contribution is -2.46. The Morgan fingerprint density at radius 3 is 2.51 bits per heavy atom. The van der Waals surface area contributed by atoms with Crippen LogP contribution < -0.4 is 21.9 Å². The molecule has 0 spiro atoms. The summed E-state index contributed by atoms with van der Waals surface area (Å²) in [5.74, 6) is 0.417. The zero-order chi connectivity index (χ0) is 25.4. The molecule has 0 fully saturated rings. The lowest BCUT2D eigenvalue weighted by molar-refractivity contribution is -0.120. The van der Waals surface area contributed by atoms with Crippen LogP contribution in [0.2, 0.25) is 0 Å². The first-order valence-corrected chi connectivity index (χ1v) is 11.5. The van der Waals surface area contributed by atoms with Gasteiger partial charge < -0.3 is 19.8 Å². The summed E-state index contributed by atoms with van der Waals surface area (Å²) < 4.78 is 12.0. The van der Waals surface area contributed by atoms with Crippen LogP contribution in [0.5, 0.6) is 0 Å². The third-order valence-corrected chi connectivity index (χ3v) is 5.42. The van der Waals surface area contributed by atoms with Crippen molar-refractivity contribution >= 4 is 17.4 Å². The van der Waals surface area contributed by atoms with Gasteiger partial charge in [-0.3, -0.25) is 24.0 Å². The fraction of sp³-hybridized carbons (Fsp3) is 0.400. The van der Waals surface area contributed by atoms with E-state index in [1.54, 1.807) is 12.3 Å². The van der Waals surface area contributed by atoms with E-state index in [-0.39, 0.29) is 43.0 Å². The number of anilines is 2. The Labute approximate surface area is 203 Å². The van der Waals surface area contributed by atoms with Gasteiger partial charge in [-0.05, 0) is 23.6 Å². The molecule has 10 heteroatoms. The van der Waals surface area contributed by atoms with Crippen LogP contribution in [0.4, 0.5) is 11.5 Å². The Hall–Kier alpha value is -3.63. The minimum Gasteiger partial charge on any atom is -0.468 e. The fourth-order valence-corrected chi connectivity index (χ4v) is 3.84. The van der Waals surface area contributed by atoms with Crippen LogP contribution in [0.15, 0.2) is 62.7 Å². The average Bonchev–Trinajstić information content (AvgIpc) is 3.32. The molecule has 0 aliphatic rings. The van der Waals surface area contributed by atoms with E-state index in [1.807, 2.05) is 55.1 Å². The minimum atomic E-state index is -0.711. The Morgan fingerprint density at radius 2 is 1.89 bits per heavy atom. The van der Waals surface area contributed by atoms with Crippen LogP contribution in [0, 0.1) is 5.92 Å². The number of rotatable bonds is 12. The van der Waals surface area contributed by atoms with E-state index in [2.05, 4.69) is 4.98 Å². The number of carbonyl (C=O) groups is 1. The molecule has 3 N–H and O–H groups in total. The van der Waals surface area contributed by atoms with Gasteiger partial charge in [-0.1, -0.05) is 44.2 Å². The fourth-order valence-electron chi connectivity index (χ4n) is 3.84. The SMILES string of the molecule is COCCN(C(=O)CN(Cc1ccccc1)Cc1ccco1)c1c(N)n(CC(C)C)c(=O)[nH]c1=O. The number of ether oxygens (including phenoxy) is 1. The number of aromatic amines is 1. The molecule has 3 aromatic rings. The highest BCUT2D eigenvalue weighted by molar-refractivity contribution is 5.96. The molecule has 0 aliphatic carbocycles. The topological polar surface area (TPSA) is 127 Å².